The molecule has 0 atom stereocenters. The van der Waals surface area contributed by atoms with Gasteiger partial charge < -0.3 is 10.1 Å². The van der Waals surface area contributed by atoms with Gasteiger partial charge in [0.1, 0.15) is 17.1 Å². The van der Waals surface area contributed by atoms with E-state index in [2.05, 4.69) is 26.6 Å². The topological polar surface area (TPSA) is 105 Å². The quantitative estimate of drug-likeness (QED) is 0.322. The zero-order valence-corrected chi connectivity index (χ0v) is 20.6. The fraction of sp³-hybridized carbons (Fsp3) is 0.0400. The van der Waals surface area contributed by atoms with Crippen molar-refractivity contribution in [2.45, 2.75) is 0 Å². The van der Waals surface area contributed by atoms with Gasteiger partial charge in [-0.2, -0.15) is 0 Å². The number of barbiturate groups is 1. The number of hydrogen-bond acceptors (Lipinski definition) is 5. The number of anilines is 2. The average Bonchev–Trinajstić information content (AvgIpc) is 2.84. The van der Waals surface area contributed by atoms with Crippen LogP contribution in [-0.2, 0) is 14.4 Å². The van der Waals surface area contributed by atoms with Crippen LogP contribution in [0.15, 0.2) is 76.8 Å². The van der Waals surface area contributed by atoms with Gasteiger partial charge in [-0.05, 0) is 60.7 Å². The SMILES string of the molecule is O=C(COc1ccc(Cl)cc1/C=C1\C(=O)NC(=O)N(c2ccc(Br)cc2)C1=O)Nc1ccccc1F. The first-order valence-electron chi connectivity index (χ1n) is 10.4. The standard InChI is InChI=1S/C25H16BrClFN3O5/c26-15-5-8-17(9-6-15)31-24(34)18(23(33)30-25(31)35)12-14-11-16(27)7-10-21(14)36-13-22(32)29-20-4-2-1-3-19(20)28/h1-12H,13H2,(H,29,32)(H,30,33,35)/b18-12+. The van der Waals surface area contributed by atoms with Crippen molar-refractivity contribution in [1.82, 2.24) is 5.32 Å². The Morgan fingerprint density at radius 3 is 2.53 bits per heavy atom. The van der Waals surface area contributed by atoms with E-state index in [1.54, 1.807) is 18.2 Å². The van der Waals surface area contributed by atoms with Gasteiger partial charge in [-0.25, -0.2) is 14.1 Å². The normalized spacial score (nSPS) is 14.6. The second kappa shape index (κ2) is 10.7. The second-order valence-corrected chi connectivity index (χ2v) is 8.79. The number of ether oxygens (including phenoxy) is 1. The summed E-state index contributed by atoms with van der Waals surface area (Å²) in [5.41, 5.74) is 0.114. The maximum atomic E-state index is 13.8. The Bertz CT molecular complexity index is 1410. The molecule has 2 N–H and O–H groups in total. The van der Waals surface area contributed by atoms with Crippen LogP contribution in [0, 0.1) is 5.82 Å². The lowest BCUT2D eigenvalue weighted by atomic mass is 10.1. The highest BCUT2D eigenvalue weighted by molar-refractivity contribution is 9.10. The molecule has 1 heterocycles. The molecule has 0 radical (unpaired) electrons. The minimum atomic E-state index is -0.901. The number of carbonyl (C=O) groups is 4. The fourth-order valence-electron chi connectivity index (χ4n) is 3.29. The molecular formula is C25H16BrClFN3O5. The van der Waals surface area contributed by atoms with Crippen molar-refractivity contribution in [3.63, 3.8) is 0 Å². The van der Waals surface area contributed by atoms with Crippen LogP contribution in [-0.4, -0.2) is 30.4 Å². The van der Waals surface area contributed by atoms with Gasteiger partial charge in [-0.1, -0.05) is 39.7 Å². The summed E-state index contributed by atoms with van der Waals surface area (Å²) in [6.07, 6.45) is 1.21. The molecule has 182 valence electrons. The van der Waals surface area contributed by atoms with Gasteiger partial charge in [0.05, 0.1) is 11.4 Å². The second-order valence-electron chi connectivity index (χ2n) is 7.43. The molecule has 8 nitrogen and oxygen atoms in total. The largest absolute Gasteiger partial charge is 0.483 e. The first-order chi connectivity index (χ1) is 17.2. The molecule has 1 aliphatic rings. The fourth-order valence-corrected chi connectivity index (χ4v) is 3.74. The van der Waals surface area contributed by atoms with Gasteiger partial charge in [0.25, 0.3) is 17.7 Å². The van der Waals surface area contributed by atoms with Crippen LogP contribution in [0.1, 0.15) is 5.56 Å². The van der Waals surface area contributed by atoms with Gasteiger partial charge in [0, 0.05) is 15.1 Å². The van der Waals surface area contributed by atoms with Gasteiger partial charge in [-0.15, -0.1) is 0 Å². The van der Waals surface area contributed by atoms with Crippen molar-refractivity contribution in [3.05, 3.63) is 93.2 Å². The molecular weight excluding hydrogens is 557 g/mol. The number of nitrogens with one attached hydrogen (secondary N) is 2. The number of urea groups is 1. The van der Waals surface area contributed by atoms with E-state index < -0.39 is 36.2 Å². The summed E-state index contributed by atoms with van der Waals surface area (Å²) in [7, 11) is 0. The highest BCUT2D eigenvalue weighted by Gasteiger charge is 2.37. The minimum absolute atomic E-state index is 0.00767. The van der Waals surface area contributed by atoms with E-state index in [-0.39, 0.29) is 33.3 Å². The Morgan fingerprint density at radius 2 is 1.81 bits per heavy atom. The molecule has 3 aromatic carbocycles. The molecule has 1 saturated heterocycles. The van der Waals surface area contributed by atoms with Crippen molar-refractivity contribution < 1.29 is 28.3 Å². The molecule has 5 amide bonds. The molecule has 36 heavy (non-hydrogen) atoms. The maximum Gasteiger partial charge on any atom is 0.335 e. The lowest BCUT2D eigenvalue weighted by Crippen LogP contribution is -2.54. The number of hydrogen-bond donors (Lipinski definition) is 2. The van der Waals surface area contributed by atoms with Crippen molar-refractivity contribution in [2.24, 2.45) is 0 Å². The van der Waals surface area contributed by atoms with Gasteiger partial charge in [0.15, 0.2) is 6.61 Å². The predicted octanol–water partition coefficient (Wildman–Crippen LogP) is 4.93. The van der Waals surface area contributed by atoms with Crippen LogP contribution in [0.5, 0.6) is 5.75 Å². The third-order valence-electron chi connectivity index (χ3n) is 4.96. The summed E-state index contributed by atoms with van der Waals surface area (Å²) in [5.74, 6) is -2.86. The Kier molecular flexibility index (Phi) is 7.47. The van der Waals surface area contributed by atoms with E-state index >= 15 is 0 Å². The molecule has 3 aromatic rings. The van der Waals surface area contributed by atoms with Crippen molar-refractivity contribution in [2.75, 3.05) is 16.8 Å². The number of halogens is 3. The smallest absolute Gasteiger partial charge is 0.335 e. The summed E-state index contributed by atoms with van der Waals surface area (Å²) in [4.78, 5) is 51.1. The van der Waals surface area contributed by atoms with E-state index in [1.165, 1.54) is 54.6 Å². The van der Waals surface area contributed by atoms with Crippen LogP contribution in [0.4, 0.5) is 20.6 Å². The molecule has 0 spiro atoms. The van der Waals surface area contributed by atoms with E-state index in [4.69, 9.17) is 16.3 Å². The highest BCUT2D eigenvalue weighted by atomic mass is 79.9. The number of rotatable bonds is 6. The molecule has 1 fully saturated rings. The van der Waals surface area contributed by atoms with Crippen LogP contribution in [0.3, 0.4) is 0 Å². The summed E-state index contributed by atoms with van der Waals surface area (Å²) < 4.78 is 20.1. The number of imide groups is 2. The number of para-hydroxylation sites is 1. The Labute approximate surface area is 217 Å². The first-order valence-corrected chi connectivity index (χ1v) is 11.5. The van der Waals surface area contributed by atoms with Crippen molar-refractivity contribution in [1.29, 1.82) is 0 Å². The van der Waals surface area contributed by atoms with Crippen LogP contribution < -0.4 is 20.3 Å². The molecule has 0 bridgehead atoms. The third-order valence-corrected chi connectivity index (χ3v) is 5.73. The molecule has 0 aliphatic carbocycles. The molecule has 4 rings (SSSR count). The Morgan fingerprint density at radius 1 is 1.08 bits per heavy atom. The number of amides is 5. The summed E-state index contributed by atoms with van der Waals surface area (Å²) in [6.45, 7) is -0.490. The van der Waals surface area contributed by atoms with E-state index in [9.17, 15) is 23.6 Å². The van der Waals surface area contributed by atoms with Crippen molar-refractivity contribution >= 4 is 68.7 Å². The first kappa shape index (κ1) is 25.1. The summed E-state index contributed by atoms with van der Waals surface area (Å²) in [5, 5.41) is 4.80. The maximum absolute atomic E-state index is 13.8. The summed E-state index contributed by atoms with van der Waals surface area (Å²) in [6, 6.07) is 15.5. The monoisotopic (exact) mass is 571 g/mol. The Balaban J connectivity index is 1.58. The van der Waals surface area contributed by atoms with Gasteiger partial charge in [-0.3, -0.25) is 19.7 Å². The molecule has 1 aliphatic heterocycles. The minimum Gasteiger partial charge on any atom is -0.483 e. The Hall–Kier alpha value is -4.02. The zero-order chi connectivity index (χ0) is 25.8. The van der Waals surface area contributed by atoms with E-state index in [1.807, 2.05) is 0 Å². The predicted molar refractivity (Wildman–Crippen MR) is 135 cm³/mol. The van der Waals surface area contributed by atoms with Crippen molar-refractivity contribution in [3.8, 4) is 5.75 Å². The van der Waals surface area contributed by atoms with Gasteiger partial charge in [0.2, 0.25) is 0 Å². The number of carbonyl (C=O) groups excluding carboxylic acids is 4. The molecule has 0 unspecified atom stereocenters. The number of nitrogens with zero attached hydrogens (tertiary/aromatic N) is 1. The van der Waals surface area contributed by atoms with Gasteiger partial charge >= 0.3 is 6.03 Å². The van der Waals surface area contributed by atoms with E-state index in [0.29, 0.717) is 0 Å². The molecule has 0 saturated carbocycles. The lowest BCUT2D eigenvalue weighted by molar-refractivity contribution is -0.122. The molecule has 11 heteroatoms. The molecule has 0 aromatic heterocycles. The van der Waals surface area contributed by atoms with Crippen LogP contribution in [0.25, 0.3) is 6.08 Å². The zero-order valence-electron chi connectivity index (χ0n) is 18.3. The summed E-state index contributed by atoms with van der Waals surface area (Å²) >= 11 is 9.38. The average molecular weight is 573 g/mol. The van der Waals surface area contributed by atoms with Crippen LogP contribution in [0.2, 0.25) is 5.02 Å². The van der Waals surface area contributed by atoms with Crippen LogP contribution >= 0.6 is 27.5 Å². The number of benzene rings is 3. The third kappa shape index (κ3) is 5.61. The highest BCUT2D eigenvalue weighted by Crippen LogP contribution is 2.28. The lowest BCUT2D eigenvalue weighted by Gasteiger charge is -2.26. The van der Waals surface area contributed by atoms with E-state index in [0.717, 1.165) is 9.37 Å².